The summed E-state index contributed by atoms with van der Waals surface area (Å²) in [5, 5.41) is 3.35. The van der Waals surface area contributed by atoms with Crippen molar-refractivity contribution in [2.75, 3.05) is 5.73 Å². The lowest BCUT2D eigenvalue weighted by atomic mass is 9.96. The third-order valence-electron chi connectivity index (χ3n) is 7.44. The second-order valence-corrected chi connectivity index (χ2v) is 10.2. The fourth-order valence-corrected chi connectivity index (χ4v) is 5.90. The van der Waals surface area contributed by atoms with E-state index < -0.39 is 5.79 Å². The van der Waals surface area contributed by atoms with Gasteiger partial charge in [0.25, 0.3) is 0 Å². The van der Waals surface area contributed by atoms with Crippen LogP contribution in [0.15, 0.2) is 55.2 Å². The maximum Gasteiger partial charge on any atom is 0.163 e. The maximum atomic E-state index is 6.41. The fraction of sp³-hybridized carbons (Fsp3) is 0.444. The average Bonchev–Trinajstić information content (AvgIpc) is 3.48. The average molecular weight is 458 g/mol. The van der Waals surface area contributed by atoms with E-state index >= 15 is 0 Å². The molecule has 2 aliphatic rings. The third kappa shape index (κ3) is 3.83. The highest BCUT2D eigenvalue weighted by Crippen LogP contribution is 2.49. The first-order valence-electron chi connectivity index (χ1n) is 12.2. The summed E-state index contributed by atoms with van der Waals surface area (Å²) in [5.74, 6) is 0.403. The summed E-state index contributed by atoms with van der Waals surface area (Å²) >= 11 is 0. The minimum absolute atomic E-state index is 0.0137. The minimum Gasteiger partial charge on any atom is -0.383 e. The van der Waals surface area contributed by atoms with Gasteiger partial charge in [-0.1, -0.05) is 18.6 Å². The zero-order chi connectivity index (χ0) is 23.3. The summed E-state index contributed by atoms with van der Waals surface area (Å²) in [6, 6.07) is 11.0. The molecule has 3 aromatic heterocycles. The smallest absolute Gasteiger partial charge is 0.163 e. The summed E-state index contributed by atoms with van der Waals surface area (Å²) in [5.41, 5.74) is 8.33. The minimum atomic E-state index is -0.567. The highest BCUT2D eigenvalue weighted by molar-refractivity contribution is 5.86. The van der Waals surface area contributed by atoms with E-state index in [4.69, 9.17) is 15.2 Å². The molecule has 7 nitrogen and oxygen atoms in total. The lowest BCUT2D eigenvalue weighted by Crippen LogP contribution is -2.27. The quantitative estimate of drug-likeness (QED) is 0.407. The number of ether oxygens (including phenoxy) is 2. The Labute approximate surface area is 199 Å². The van der Waals surface area contributed by atoms with E-state index in [-0.39, 0.29) is 18.2 Å². The molecule has 4 heterocycles. The predicted octanol–water partition coefficient (Wildman–Crippen LogP) is 5.06. The van der Waals surface area contributed by atoms with Gasteiger partial charge in [-0.05, 0) is 74.6 Å². The van der Waals surface area contributed by atoms with Crippen molar-refractivity contribution < 1.29 is 9.47 Å². The molecule has 1 aliphatic heterocycles. The number of hydrogen-bond donors (Lipinski definition) is 1. The molecule has 176 valence electrons. The number of pyridine rings is 1. The summed E-state index contributed by atoms with van der Waals surface area (Å²) in [6.07, 6.45) is 13.1. The molecule has 0 spiro atoms. The molecule has 1 aromatic carbocycles. The SMILES string of the molecule is CC1(C)O[C@@H]2[C@H](O1)C(CCCCc1ccc3ccncc3c1)C[C@H]2n1ccc2c(N)ncnc21. The number of nitrogens with zero attached hydrogens (tertiary/aromatic N) is 4. The molecular weight excluding hydrogens is 426 g/mol. The molecule has 0 amide bonds. The standard InChI is InChI=1S/C27H31N5O2/c1-27(2)33-23-19(6-4-3-5-17-7-8-18-9-11-29-15-20(18)13-17)14-22(24(23)34-27)32-12-10-21-25(28)30-16-31-26(21)32/h7-13,15-16,19,22-24H,3-6,14H2,1-2H3,(H2,28,30,31)/t19?,22-,23-,24+/m1/s1. The second kappa shape index (κ2) is 8.32. The Morgan fingerprint density at radius 1 is 1.06 bits per heavy atom. The van der Waals surface area contributed by atoms with Gasteiger partial charge in [0.1, 0.15) is 23.9 Å². The van der Waals surface area contributed by atoms with Gasteiger partial charge < -0.3 is 19.8 Å². The Morgan fingerprint density at radius 2 is 1.94 bits per heavy atom. The van der Waals surface area contributed by atoms with Crippen molar-refractivity contribution in [2.45, 2.75) is 70.0 Å². The summed E-state index contributed by atoms with van der Waals surface area (Å²) in [6.45, 7) is 4.03. The van der Waals surface area contributed by atoms with Gasteiger partial charge in [0.15, 0.2) is 5.79 Å². The molecule has 0 radical (unpaired) electrons. The molecule has 1 unspecified atom stereocenters. The van der Waals surface area contributed by atoms with E-state index in [0.717, 1.165) is 43.1 Å². The maximum absolute atomic E-state index is 6.41. The molecule has 6 rings (SSSR count). The van der Waals surface area contributed by atoms with E-state index in [1.165, 1.54) is 22.7 Å². The van der Waals surface area contributed by atoms with Crippen LogP contribution in [-0.2, 0) is 15.9 Å². The van der Waals surface area contributed by atoms with Crippen LogP contribution in [0, 0.1) is 5.92 Å². The van der Waals surface area contributed by atoms with Gasteiger partial charge >= 0.3 is 0 Å². The van der Waals surface area contributed by atoms with Crippen LogP contribution in [0.2, 0.25) is 0 Å². The first-order valence-corrected chi connectivity index (χ1v) is 12.2. The van der Waals surface area contributed by atoms with Crippen LogP contribution in [0.4, 0.5) is 5.82 Å². The van der Waals surface area contributed by atoms with Crippen LogP contribution in [0.25, 0.3) is 21.8 Å². The summed E-state index contributed by atoms with van der Waals surface area (Å²) < 4.78 is 15.0. The number of fused-ring (bicyclic) bond motifs is 3. The van der Waals surface area contributed by atoms with Gasteiger partial charge in [-0.15, -0.1) is 0 Å². The number of aryl methyl sites for hydroxylation is 1. The van der Waals surface area contributed by atoms with Crippen LogP contribution in [0.3, 0.4) is 0 Å². The number of aromatic nitrogens is 4. The number of nitrogens with two attached hydrogens (primary N) is 1. The second-order valence-electron chi connectivity index (χ2n) is 10.2. The van der Waals surface area contributed by atoms with Crippen LogP contribution < -0.4 is 5.73 Å². The van der Waals surface area contributed by atoms with E-state index in [2.05, 4.69) is 50.0 Å². The number of unbranched alkanes of at least 4 members (excludes halogenated alkanes) is 1. The van der Waals surface area contributed by atoms with Crippen molar-refractivity contribution in [2.24, 2.45) is 5.92 Å². The Kier molecular flexibility index (Phi) is 5.26. The van der Waals surface area contributed by atoms with Crippen LogP contribution >= 0.6 is 0 Å². The van der Waals surface area contributed by atoms with Gasteiger partial charge in [-0.2, -0.15) is 0 Å². The number of hydrogen-bond acceptors (Lipinski definition) is 6. The van der Waals surface area contributed by atoms with Crippen molar-refractivity contribution in [3.8, 4) is 0 Å². The lowest BCUT2D eigenvalue weighted by Gasteiger charge is -2.24. The molecule has 2 N–H and O–H groups in total. The number of rotatable bonds is 6. The zero-order valence-corrected chi connectivity index (χ0v) is 19.7. The van der Waals surface area contributed by atoms with Crippen molar-refractivity contribution in [3.63, 3.8) is 0 Å². The third-order valence-corrected chi connectivity index (χ3v) is 7.44. The topological polar surface area (TPSA) is 88.1 Å². The normalized spacial score (nSPS) is 25.8. The van der Waals surface area contributed by atoms with Crippen molar-refractivity contribution in [1.29, 1.82) is 0 Å². The number of nitrogen functional groups attached to an aromatic ring is 1. The van der Waals surface area contributed by atoms with E-state index in [0.29, 0.717) is 11.7 Å². The number of benzene rings is 1. The Hall–Kier alpha value is -3.03. The monoisotopic (exact) mass is 457 g/mol. The first-order chi connectivity index (χ1) is 16.5. The molecule has 7 heteroatoms. The molecule has 34 heavy (non-hydrogen) atoms. The van der Waals surface area contributed by atoms with E-state index in [1.807, 2.05) is 32.3 Å². The van der Waals surface area contributed by atoms with E-state index in [1.54, 1.807) is 0 Å². The first kappa shape index (κ1) is 21.5. The van der Waals surface area contributed by atoms with Crippen LogP contribution in [-0.4, -0.2) is 37.5 Å². The van der Waals surface area contributed by atoms with Gasteiger partial charge in [0, 0.05) is 24.0 Å². The molecular formula is C27H31N5O2. The molecule has 1 saturated carbocycles. The highest BCUT2D eigenvalue weighted by Gasteiger charge is 2.54. The van der Waals surface area contributed by atoms with Gasteiger partial charge in [-0.3, -0.25) is 4.98 Å². The van der Waals surface area contributed by atoms with Gasteiger partial charge in [-0.25, -0.2) is 9.97 Å². The predicted molar refractivity (Wildman–Crippen MR) is 132 cm³/mol. The Balaban J connectivity index is 1.15. The van der Waals surface area contributed by atoms with Crippen LogP contribution in [0.1, 0.15) is 51.1 Å². The zero-order valence-electron chi connectivity index (χ0n) is 19.7. The van der Waals surface area contributed by atoms with Crippen molar-refractivity contribution in [3.05, 3.63) is 60.8 Å². The largest absolute Gasteiger partial charge is 0.383 e. The molecule has 4 atom stereocenters. The molecule has 2 fully saturated rings. The van der Waals surface area contributed by atoms with Gasteiger partial charge in [0.2, 0.25) is 0 Å². The Bertz CT molecular complexity index is 1330. The highest BCUT2D eigenvalue weighted by atomic mass is 16.8. The summed E-state index contributed by atoms with van der Waals surface area (Å²) in [7, 11) is 0. The fourth-order valence-electron chi connectivity index (χ4n) is 5.90. The van der Waals surface area contributed by atoms with Gasteiger partial charge in [0.05, 0.1) is 17.5 Å². The van der Waals surface area contributed by atoms with Crippen LogP contribution in [0.5, 0.6) is 0 Å². The van der Waals surface area contributed by atoms with Crippen molar-refractivity contribution >= 4 is 27.6 Å². The molecule has 1 aliphatic carbocycles. The molecule has 4 aromatic rings. The lowest BCUT2D eigenvalue weighted by molar-refractivity contribution is -0.160. The van der Waals surface area contributed by atoms with Crippen molar-refractivity contribution in [1.82, 2.24) is 19.5 Å². The number of anilines is 1. The Morgan fingerprint density at radius 3 is 2.85 bits per heavy atom. The van der Waals surface area contributed by atoms with E-state index in [9.17, 15) is 0 Å². The summed E-state index contributed by atoms with van der Waals surface area (Å²) in [4.78, 5) is 12.9. The molecule has 1 saturated heterocycles. The molecule has 0 bridgehead atoms.